The fourth-order valence-corrected chi connectivity index (χ4v) is 3.48. The number of rotatable bonds is 3. The zero-order chi connectivity index (χ0) is 16.7. The highest BCUT2D eigenvalue weighted by atomic mass is 35.5. The first kappa shape index (κ1) is 15.1. The molecule has 4 nitrogen and oxygen atoms in total. The molecule has 1 aliphatic rings. The molecule has 24 heavy (non-hydrogen) atoms. The predicted molar refractivity (Wildman–Crippen MR) is 95.0 cm³/mol. The van der Waals surface area contributed by atoms with E-state index >= 15 is 0 Å². The fourth-order valence-electron chi connectivity index (χ4n) is 3.35. The normalized spacial score (nSPS) is 16.2. The number of carbonyl (C=O) groups is 1. The molecule has 1 amide bonds. The lowest BCUT2D eigenvalue weighted by Gasteiger charge is -2.12. The molecule has 5 heteroatoms. The van der Waals surface area contributed by atoms with E-state index in [0.717, 1.165) is 24.1 Å². The van der Waals surface area contributed by atoms with E-state index in [1.54, 1.807) is 31.4 Å². The summed E-state index contributed by atoms with van der Waals surface area (Å²) in [7, 11) is 1.67. The average Bonchev–Trinajstić information content (AvgIpc) is 3.12. The van der Waals surface area contributed by atoms with Gasteiger partial charge in [0.1, 0.15) is 5.75 Å². The molecule has 2 N–H and O–H groups in total. The van der Waals surface area contributed by atoms with Crippen molar-refractivity contribution >= 4 is 28.4 Å². The molecule has 0 bridgehead atoms. The zero-order valence-corrected chi connectivity index (χ0v) is 14.0. The third-order valence-corrected chi connectivity index (χ3v) is 4.80. The summed E-state index contributed by atoms with van der Waals surface area (Å²) < 4.78 is 5.32. The van der Waals surface area contributed by atoms with Crippen LogP contribution in [0.15, 0.2) is 42.5 Å². The van der Waals surface area contributed by atoms with Crippen molar-refractivity contribution in [3.8, 4) is 5.75 Å². The van der Waals surface area contributed by atoms with E-state index in [2.05, 4.69) is 10.3 Å². The number of ether oxygens (including phenoxy) is 1. The summed E-state index contributed by atoms with van der Waals surface area (Å²) in [5, 5.41) is 4.91. The first-order valence-corrected chi connectivity index (χ1v) is 8.26. The van der Waals surface area contributed by atoms with Crippen LogP contribution in [0.25, 0.3) is 10.9 Å². The smallest absolute Gasteiger partial charge is 0.251 e. The van der Waals surface area contributed by atoms with Crippen LogP contribution in [0, 0.1) is 0 Å². The van der Waals surface area contributed by atoms with E-state index in [1.165, 1.54) is 16.6 Å². The number of fused-ring (bicyclic) bond motifs is 3. The molecular formula is C19H17ClN2O2. The van der Waals surface area contributed by atoms with Crippen molar-refractivity contribution in [1.82, 2.24) is 10.3 Å². The Balaban J connectivity index is 1.53. The molecule has 1 aliphatic carbocycles. The van der Waals surface area contributed by atoms with E-state index in [4.69, 9.17) is 16.3 Å². The van der Waals surface area contributed by atoms with Gasteiger partial charge >= 0.3 is 0 Å². The van der Waals surface area contributed by atoms with E-state index in [-0.39, 0.29) is 11.9 Å². The van der Waals surface area contributed by atoms with Crippen molar-refractivity contribution < 1.29 is 9.53 Å². The van der Waals surface area contributed by atoms with Gasteiger partial charge in [0.25, 0.3) is 5.91 Å². The third kappa shape index (κ3) is 2.63. The van der Waals surface area contributed by atoms with E-state index in [0.29, 0.717) is 10.6 Å². The number of halogens is 1. The SMILES string of the molecule is COc1ccc2[nH]c3c(c2c1)CC(NC(=O)c1ccc(Cl)cc1)C3. The summed E-state index contributed by atoms with van der Waals surface area (Å²) in [4.78, 5) is 15.8. The van der Waals surface area contributed by atoms with Crippen molar-refractivity contribution in [1.29, 1.82) is 0 Å². The van der Waals surface area contributed by atoms with Crippen LogP contribution in [-0.4, -0.2) is 24.0 Å². The van der Waals surface area contributed by atoms with Gasteiger partial charge in [0.05, 0.1) is 7.11 Å². The number of H-pyrrole nitrogens is 1. The number of carbonyl (C=O) groups excluding carboxylic acids is 1. The Morgan fingerprint density at radius 2 is 2.00 bits per heavy atom. The van der Waals surface area contributed by atoms with E-state index in [9.17, 15) is 4.79 Å². The molecule has 0 fully saturated rings. The van der Waals surface area contributed by atoms with E-state index in [1.807, 2.05) is 18.2 Å². The summed E-state index contributed by atoms with van der Waals surface area (Å²) in [6.07, 6.45) is 1.63. The molecule has 1 heterocycles. The number of hydrogen-bond acceptors (Lipinski definition) is 2. The molecule has 0 saturated heterocycles. The molecule has 4 rings (SSSR count). The second-order valence-corrected chi connectivity index (χ2v) is 6.52. The van der Waals surface area contributed by atoms with Gasteiger partial charge in [0.15, 0.2) is 0 Å². The summed E-state index contributed by atoms with van der Waals surface area (Å²) in [6.45, 7) is 0. The lowest BCUT2D eigenvalue weighted by atomic mass is 10.1. The maximum atomic E-state index is 12.4. The Morgan fingerprint density at radius 3 is 2.75 bits per heavy atom. The molecule has 122 valence electrons. The maximum absolute atomic E-state index is 12.4. The maximum Gasteiger partial charge on any atom is 0.251 e. The molecule has 2 aromatic carbocycles. The Labute approximate surface area is 144 Å². The van der Waals surface area contributed by atoms with Gasteiger partial charge in [-0.2, -0.15) is 0 Å². The standard InChI is InChI=1S/C19H17ClN2O2/c1-24-14-6-7-17-16(10-14)15-8-13(9-18(15)22-17)21-19(23)11-2-4-12(20)5-3-11/h2-7,10,13,22H,8-9H2,1H3,(H,21,23). The highest BCUT2D eigenvalue weighted by Gasteiger charge is 2.27. The van der Waals surface area contributed by atoms with Crippen LogP contribution in [0.5, 0.6) is 5.75 Å². The van der Waals surface area contributed by atoms with Gasteiger partial charge < -0.3 is 15.0 Å². The summed E-state index contributed by atoms with van der Waals surface area (Å²) in [5.74, 6) is 0.779. The Morgan fingerprint density at radius 1 is 1.21 bits per heavy atom. The van der Waals surface area contributed by atoms with Crippen molar-refractivity contribution in [3.05, 3.63) is 64.3 Å². The van der Waals surface area contributed by atoms with Gasteiger partial charge in [-0.3, -0.25) is 4.79 Å². The molecule has 0 spiro atoms. The first-order chi connectivity index (χ1) is 11.6. The van der Waals surface area contributed by atoms with Crippen LogP contribution in [0.3, 0.4) is 0 Å². The molecule has 1 aromatic heterocycles. The van der Waals surface area contributed by atoms with Crippen LogP contribution in [0.4, 0.5) is 0 Å². The molecule has 1 unspecified atom stereocenters. The molecule has 0 saturated carbocycles. The number of aromatic nitrogens is 1. The average molecular weight is 341 g/mol. The van der Waals surface area contributed by atoms with Crippen molar-refractivity contribution in [2.75, 3.05) is 7.11 Å². The van der Waals surface area contributed by atoms with Gasteiger partial charge in [0, 0.05) is 39.6 Å². The second-order valence-electron chi connectivity index (χ2n) is 6.08. The van der Waals surface area contributed by atoms with Crippen molar-refractivity contribution in [3.63, 3.8) is 0 Å². The minimum absolute atomic E-state index is 0.0660. The van der Waals surface area contributed by atoms with Crippen molar-refractivity contribution in [2.24, 2.45) is 0 Å². The van der Waals surface area contributed by atoms with Gasteiger partial charge in [0.2, 0.25) is 0 Å². The van der Waals surface area contributed by atoms with Gasteiger partial charge in [-0.1, -0.05) is 11.6 Å². The van der Waals surface area contributed by atoms with Crippen LogP contribution in [0.1, 0.15) is 21.6 Å². The Kier molecular flexibility index (Phi) is 3.69. The van der Waals surface area contributed by atoms with Gasteiger partial charge in [-0.05, 0) is 54.4 Å². The number of methoxy groups -OCH3 is 1. The lowest BCUT2D eigenvalue weighted by molar-refractivity contribution is 0.0938. The van der Waals surface area contributed by atoms with Gasteiger partial charge in [-0.15, -0.1) is 0 Å². The lowest BCUT2D eigenvalue weighted by Crippen LogP contribution is -2.35. The summed E-state index contributed by atoms with van der Waals surface area (Å²) >= 11 is 5.87. The van der Waals surface area contributed by atoms with Crippen LogP contribution >= 0.6 is 11.6 Å². The second kappa shape index (κ2) is 5.87. The van der Waals surface area contributed by atoms with Crippen molar-refractivity contribution in [2.45, 2.75) is 18.9 Å². The van der Waals surface area contributed by atoms with Gasteiger partial charge in [-0.25, -0.2) is 0 Å². The summed E-state index contributed by atoms with van der Waals surface area (Å²) in [6, 6.07) is 13.1. The monoisotopic (exact) mass is 340 g/mol. The number of hydrogen-bond donors (Lipinski definition) is 2. The fraction of sp³-hybridized carbons (Fsp3) is 0.211. The number of amides is 1. The third-order valence-electron chi connectivity index (χ3n) is 4.54. The first-order valence-electron chi connectivity index (χ1n) is 7.88. The molecule has 3 aromatic rings. The minimum Gasteiger partial charge on any atom is -0.497 e. The highest BCUT2D eigenvalue weighted by molar-refractivity contribution is 6.30. The quantitative estimate of drug-likeness (QED) is 0.763. The number of aromatic amines is 1. The summed E-state index contributed by atoms with van der Waals surface area (Å²) in [5.41, 5.74) is 4.20. The molecular weight excluding hydrogens is 324 g/mol. The zero-order valence-electron chi connectivity index (χ0n) is 13.2. The van der Waals surface area contributed by atoms with Crippen LogP contribution < -0.4 is 10.1 Å². The number of benzene rings is 2. The van der Waals surface area contributed by atoms with E-state index < -0.39 is 0 Å². The Hall–Kier alpha value is -2.46. The van der Waals surface area contributed by atoms with Crippen LogP contribution in [-0.2, 0) is 12.8 Å². The molecule has 1 atom stereocenters. The molecule has 0 radical (unpaired) electrons. The Bertz CT molecular complexity index is 915. The minimum atomic E-state index is -0.0660. The number of nitrogens with one attached hydrogen (secondary N) is 2. The largest absolute Gasteiger partial charge is 0.497 e. The van der Waals surface area contributed by atoms with Crippen LogP contribution in [0.2, 0.25) is 5.02 Å². The highest BCUT2D eigenvalue weighted by Crippen LogP contribution is 2.32. The topological polar surface area (TPSA) is 54.1 Å². The predicted octanol–water partition coefficient (Wildman–Crippen LogP) is 3.73. The molecule has 0 aliphatic heterocycles.